The second kappa shape index (κ2) is 9.05. The summed E-state index contributed by atoms with van der Waals surface area (Å²) in [7, 11) is -1.84. The van der Waals surface area contributed by atoms with Gasteiger partial charge in [0.1, 0.15) is 11.4 Å². The maximum atomic E-state index is 12.6. The Morgan fingerprint density at radius 2 is 1.74 bits per heavy atom. The standard InChI is InChI=1S/C23H23N3O3S2/c1-29-21-12-10-18(11-13-21)15-25(31(2,27)28)16-19-17-26(20-7-4-3-5-8-20)24-23(19)22-9-6-14-30-22/h3-14,17H,15-16H2,1-2H3. The van der Waals surface area contributed by atoms with Crippen LogP contribution in [-0.2, 0) is 23.1 Å². The number of benzene rings is 2. The van der Waals surface area contributed by atoms with E-state index >= 15 is 0 Å². The molecule has 6 nitrogen and oxygen atoms in total. The molecule has 0 aliphatic rings. The maximum absolute atomic E-state index is 12.6. The van der Waals surface area contributed by atoms with Crippen LogP contribution >= 0.6 is 11.3 Å². The number of ether oxygens (including phenoxy) is 1. The van der Waals surface area contributed by atoms with Crippen molar-refractivity contribution >= 4 is 21.4 Å². The Balaban J connectivity index is 1.69. The van der Waals surface area contributed by atoms with Gasteiger partial charge in [-0.2, -0.15) is 9.40 Å². The lowest BCUT2D eigenvalue weighted by Gasteiger charge is -2.20. The normalized spacial score (nSPS) is 11.7. The third-order valence-electron chi connectivity index (χ3n) is 4.90. The highest BCUT2D eigenvalue weighted by atomic mass is 32.2. The van der Waals surface area contributed by atoms with Gasteiger partial charge in [0.2, 0.25) is 10.0 Å². The fourth-order valence-electron chi connectivity index (χ4n) is 3.27. The number of rotatable bonds is 8. The Labute approximate surface area is 186 Å². The molecule has 2 heterocycles. The molecule has 0 saturated carbocycles. The molecule has 0 amide bonds. The van der Waals surface area contributed by atoms with Crippen LogP contribution in [0.5, 0.6) is 5.75 Å². The van der Waals surface area contributed by atoms with Crippen LogP contribution in [0.4, 0.5) is 0 Å². The van der Waals surface area contributed by atoms with Gasteiger partial charge in [-0.1, -0.05) is 36.4 Å². The van der Waals surface area contributed by atoms with E-state index in [-0.39, 0.29) is 13.1 Å². The SMILES string of the molecule is COc1ccc(CN(Cc2cn(-c3ccccc3)nc2-c2cccs2)S(C)(=O)=O)cc1. The van der Waals surface area contributed by atoms with Crippen molar-refractivity contribution in [3.05, 3.63) is 89.4 Å². The van der Waals surface area contributed by atoms with Crippen LogP contribution in [0.25, 0.3) is 16.3 Å². The lowest BCUT2D eigenvalue weighted by Crippen LogP contribution is -2.29. The van der Waals surface area contributed by atoms with E-state index in [2.05, 4.69) is 0 Å². The fourth-order valence-corrected chi connectivity index (χ4v) is 4.78. The summed E-state index contributed by atoms with van der Waals surface area (Å²) in [6.45, 7) is 0.494. The molecule has 160 valence electrons. The van der Waals surface area contributed by atoms with Gasteiger partial charge in [-0.15, -0.1) is 11.3 Å². The summed E-state index contributed by atoms with van der Waals surface area (Å²) in [5, 5.41) is 6.77. The zero-order valence-corrected chi connectivity index (χ0v) is 18.9. The first kappa shape index (κ1) is 21.3. The molecule has 4 aromatic rings. The number of thiophene rings is 1. The van der Waals surface area contributed by atoms with Crippen molar-refractivity contribution < 1.29 is 13.2 Å². The molecule has 0 bridgehead atoms. The first-order valence-corrected chi connectivity index (χ1v) is 12.4. The average Bonchev–Trinajstić information content (AvgIpc) is 3.44. The summed E-state index contributed by atoms with van der Waals surface area (Å²) in [6, 6.07) is 21.2. The van der Waals surface area contributed by atoms with Gasteiger partial charge in [0.25, 0.3) is 0 Å². The summed E-state index contributed by atoms with van der Waals surface area (Å²) in [5.41, 5.74) is 3.46. The van der Waals surface area contributed by atoms with Crippen molar-refractivity contribution in [2.45, 2.75) is 13.1 Å². The van der Waals surface area contributed by atoms with Gasteiger partial charge in [-0.25, -0.2) is 13.1 Å². The number of nitrogens with zero attached hydrogens (tertiary/aromatic N) is 3. The molecule has 0 atom stereocenters. The van der Waals surface area contributed by atoms with Crippen LogP contribution in [0.15, 0.2) is 78.3 Å². The monoisotopic (exact) mass is 453 g/mol. The van der Waals surface area contributed by atoms with Crippen molar-refractivity contribution in [3.8, 4) is 22.0 Å². The van der Waals surface area contributed by atoms with Crippen LogP contribution < -0.4 is 4.74 Å². The second-order valence-corrected chi connectivity index (χ2v) is 10.1. The van der Waals surface area contributed by atoms with Gasteiger partial charge in [-0.05, 0) is 41.3 Å². The molecular formula is C23H23N3O3S2. The average molecular weight is 454 g/mol. The molecule has 31 heavy (non-hydrogen) atoms. The minimum Gasteiger partial charge on any atom is -0.497 e. The van der Waals surface area contributed by atoms with E-state index in [0.717, 1.165) is 33.1 Å². The molecule has 0 aliphatic heterocycles. The molecule has 2 aromatic carbocycles. The molecule has 0 radical (unpaired) electrons. The third-order valence-corrected chi connectivity index (χ3v) is 6.97. The highest BCUT2D eigenvalue weighted by Crippen LogP contribution is 2.29. The summed E-state index contributed by atoms with van der Waals surface area (Å²) >= 11 is 1.58. The highest BCUT2D eigenvalue weighted by molar-refractivity contribution is 7.88. The second-order valence-electron chi connectivity index (χ2n) is 7.14. The van der Waals surface area contributed by atoms with Gasteiger partial charge in [-0.3, -0.25) is 0 Å². The van der Waals surface area contributed by atoms with Crippen molar-refractivity contribution in [3.63, 3.8) is 0 Å². The van der Waals surface area contributed by atoms with E-state index in [0.29, 0.717) is 0 Å². The molecule has 0 aliphatic carbocycles. The molecular weight excluding hydrogens is 430 g/mol. The molecule has 0 spiro atoms. The van der Waals surface area contributed by atoms with Gasteiger partial charge in [0.15, 0.2) is 0 Å². The zero-order chi connectivity index (χ0) is 21.8. The van der Waals surface area contributed by atoms with E-state index in [1.165, 1.54) is 10.6 Å². The first-order valence-electron chi connectivity index (χ1n) is 9.70. The molecule has 0 N–H and O–H groups in total. The predicted octanol–water partition coefficient (Wildman–Crippen LogP) is 4.57. The van der Waals surface area contributed by atoms with Crippen LogP contribution in [-0.4, -0.2) is 35.9 Å². The Hall–Kier alpha value is -2.94. The number of para-hydroxylation sites is 1. The van der Waals surface area contributed by atoms with Crippen molar-refractivity contribution in [2.75, 3.05) is 13.4 Å². The highest BCUT2D eigenvalue weighted by Gasteiger charge is 2.22. The summed E-state index contributed by atoms with van der Waals surface area (Å²) < 4.78 is 33.7. The minimum atomic E-state index is -3.45. The van der Waals surface area contributed by atoms with Crippen molar-refractivity contribution in [2.24, 2.45) is 0 Å². The number of hydrogen-bond acceptors (Lipinski definition) is 5. The van der Waals surface area contributed by atoms with E-state index < -0.39 is 10.0 Å². The van der Waals surface area contributed by atoms with Gasteiger partial charge >= 0.3 is 0 Å². The Bertz CT molecular complexity index is 1230. The van der Waals surface area contributed by atoms with E-state index in [4.69, 9.17) is 9.84 Å². The van der Waals surface area contributed by atoms with Gasteiger partial charge < -0.3 is 4.74 Å². The lowest BCUT2D eigenvalue weighted by atomic mass is 10.2. The van der Waals surface area contributed by atoms with Crippen molar-refractivity contribution in [1.82, 2.24) is 14.1 Å². The largest absolute Gasteiger partial charge is 0.497 e. The smallest absolute Gasteiger partial charge is 0.211 e. The number of sulfonamides is 1. The van der Waals surface area contributed by atoms with Crippen LogP contribution in [0.3, 0.4) is 0 Å². The van der Waals surface area contributed by atoms with Crippen LogP contribution in [0.2, 0.25) is 0 Å². The number of methoxy groups -OCH3 is 1. The van der Waals surface area contributed by atoms with Crippen molar-refractivity contribution in [1.29, 1.82) is 0 Å². The summed E-state index contributed by atoms with van der Waals surface area (Å²) in [4.78, 5) is 1.00. The third kappa shape index (κ3) is 5.04. The minimum absolute atomic E-state index is 0.227. The fraction of sp³-hybridized carbons (Fsp3) is 0.174. The molecule has 8 heteroatoms. The van der Waals surface area contributed by atoms with E-state index in [1.807, 2.05) is 78.3 Å². The Morgan fingerprint density at radius 1 is 1.00 bits per heavy atom. The quantitative estimate of drug-likeness (QED) is 0.392. The van der Waals surface area contributed by atoms with E-state index in [9.17, 15) is 8.42 Å². The number of aromatic nitrogens is 2. The summed E-state index contributed by atoms with van der Waals surface area (Å²) in [6.07, 6.45) is 3.15. The lowest BCUT2D eigenvalue weighted by molar-refractivity contribution is 0.403. The zero-order valence-electron chi connectivity index (χ0n) is 17.3. The predicted molar refractivity (Wildman–Crippen MR) is 124 cm³/mol. The Morgan fingerprint density at radius 3 is 2.35 bits per heavy atom. The maximum Gasteiger partial charge on any atom is 0.211 e. The topological polar surface area (TPSA) is 64.4 Å². The van der Waals surface area contributed by atoms with Gasteiger partial charge in [0.05, 0.1) is 23.9 Å². The molecule has 2 aromatic heterocycles. The van der Waals surface area contributed by atoms with Gasteiger partial charge in [0, 0.05) is 24.8 Å². The first-order chi connectivity index (χ1) is 14.9. The molecule has 4 rings (SSSR count). The summed E-state index contributed by atoms with van der Waals surface area (Å²) in [5.74, 6) is 0.735. The molecule has 0 unspecified atom stereocenters. The Kier molecular flexibility index (Phi) is 6.22. The molecule has 0 fully saturated rings. The van der Waals surface area contributed by atoms with Crippen LogP contribution in [0, 0.1) is 0 Å². The van der Waals surface area contributed by atoms with Crippen LogP contribution in [0.1, 0.15) is 11.1 Å². The number of hydrogen-bond donors (Lipinski definition) is 0. The van der Waals surface area contributed by atoms with E-state index in [1.54, 1.807) is 23.1 Å². The molecule has 0 saturated heterocycles.